The summed E-state index contributed by atoms with van der Waals surface area (Å²) in [6.07, 6.45) is 1.54. The molecule has 2 amide bonds. The van der Waals surface area contributed by atoms with Crippen LogP contribution in [0.25, 0.3) is 0 Å². The lowest BCUT2D eigenvalue weighted by Gasteiger charge is -2.11. The van der Waals surface area contributed by atoms with Crippen LogP contribution in [-0.4, -0.2) is 45.5 Å². The van der Waals surface area contributed by atoms with Crippen molar-refractivity contribution in [1.82, 2.24) is 10.7 Å². The molecule has 0 radical (unpaired) electrons. The third-order valence-corrected chi connectivity index (χ3v) is 3.86. The van der Waals surface area contributed by atoms with Gasteiger partial charge < -0.3 is 19.7 Å². The van der Waals surface area contributed by atoms with Gasteiger partial charge in [0, 0.05) is 25.3 Å². The minimum absolute atomic E-state index is 0.138. The monoisotopic (exact) mass is 368 g/mol. The predicted molar refractivity (Wildman–Crippen MR) is 101 cm³/mol. The van der Waals surface area contributed by atoms with Gasteiger partial charge in [-0.2, -0.15) is 5.10 Å². The quantitative estimate of drug-likeness (QED) is 0.593. The highest BCUT2D eigenvalue weighted by Crippen LogP contribution is 2.32. The van der Waals surface area contributed by atoms with Crippen molar-refractivity contribution in [2.45, 2.75) is 0 Å². The van der Waals surface area contributed by atoms with Crippen LogP contribution in [0, 0.1) is 0 Å². The zero-order valence-electron chi connectivity index (χ0n) is 15.1. The topological polar surface area (TPSA) is 92.3 Å². The number of rotatable bonds is 6. The molecule has 2 aromatic carbocycles. The molecule has 1 heterocycles. The van der Waals surface area contributed by atoms with E-state index in [-0.39, 0.29) is 19.2 Å². The first-order chi connectivity index (χ1) is 13.0. The van der Waals surface area contributed by atoms with Crippen molar-refractivity contribution < 1.29 is 19.1 Å². The molecule has 1 aliphatic heterocycles. The molecule has 0 bridgehead atoms. The van der Waals surface area contributed by atoms with E-state index < -0.39 is 5.91 Å². The molecule has 0 atom stereocenters. The van der Waals surface area contributed by atoms with Gasteiger partial charge in [-0.15, -0.1) is 0 Å². The van der Waals surface area contributed by atoms with Crippen molar-refractivity contribution in [2.24, 2.45) is 5.10 Å². The maximum atomic E-state index is 12.1. The molecule has 0 spiro atoms. The number of benzene rings is 2. The van der Waals surface area contributed by atoms with Crippen LogP contribution in [0.5, 0.6) is 11.5 Å². The number of carbonyl (C=O) groups is 2. The van der Waals surface area contributed by atoms with E-state index in [0.717, 1.165) is 11.3 Å². The molecule has 3 rings (SSSR count). The number of amides is 2. The second kappa shape index (κ2) is 8.22. The average molecular weight is 368 g/mol. The van der Waals surface area contributed by atoms with Gasteiger partial charge in [0.15, 0.2) is 11.5 Å². The highest BCUT2D eigenvalue weighted by Gasteiger charge is 2.16. The largest absolute Gasteiger partial charge is 0.454 e. The molecule has 0 aliphatic carbocycles. The Morgan fingerprint density at radius 1 is 1.11 bits per heavy atom. The van der Waals surface area contributed by atoms with Gasteiger partial charge in [-0.3, -0.25) is 9.59 Å². The first kappa shape index (κ1) is 18.2. The first-order valence-electron chi connectivity index (χ1n) is 8.30. The van der Waals surface area contributed by atoms with Crippen LogP contribution in [0.4, 0.5) is 5.69 Å². The second-order valence-corrected chi connectivity index (χ2v) is 6.03. The summed E-state index contributed by atoms with van der Waals surface area (Å²) in [5, 5.41) is 6.42. The maximum absolute atomic E-state index is 12.1. The van der Waals surface area contributed by atoms with Crippen molar-refractivity contribution >= 4 is 23.7 Å². The van der Waals surface area contributed by atoms with E-state index >= 15 is 0 Å². The van der Waals surface area contributed by atoms with E-state index in [9.17, 15) is 9.59 Å². The Bertz CT molecular complexity index is 863. The molecule has 0 saturated carbocycles. The smallest absolute Gasteiger partial charge is 0.259 e. The summed E-state index contributed by atoms with van der Waals surface area (Å²) in [5.41, 5.74) is 4.69. The number of nitrogens with one attached hydrogen (secondary N) is 2. The standard InChI is InChI=1S/C19H20N4O4/c1-23(2)15-6-3-13(4-7-15)10-21-22-18(24)11-20-19(25)14-5-8-16-17(9-14)27-12-26-16/h3-10H,11-12H2,1-2H3,(H,20,25)(H,22,24)/b21-10+. The Morgan fingerprint density at radius 3 is 2.59 bits per heavy atom. The number of hydrogen-bond acceptors (Lipinski definition) is 6. The molecule has 140 valence electrons. The fourth-order valence-corrected chi connectivity index (χ4v) is 2.38. The molecule has 0 unspecified atom stereocenters. The van der Waals surface area contributed by atoms with Crippen LogP contribution in [0.1, 0.15) is 15.9 Å². The Balaban J connectivity index is 1.46. The van der Waals surface area contributed by atoms with Gasteiger partial charge in [-0.25, -0.2) is 5.43 Å². The van der Waals surface area contributed by atoms with E-state index in [4.69, 9.17) is 9.47 Å². The van der Waals surface area contributed by atoms with Gasteiger partial charge in [-0.05, 0) is 35.9 Å². The zero-order chi connectivity index (χ0) is 19.2. The lowest BCUT2D eigenvalue weighted by atomic mass is 10.2. The molecule has 1 aliphatic rings. The fourth-order valence-electron chi connectivity index (χ4n) is 2.38. The van der Waals surface area contributed by atoms with Crippen molar-refractivity contribution in [3.8, 4) is 11.5 Å². The summed E-state index contributed by atoms with van der Waals surface area (Å²) < 4.78 is 10.4. The summed E-state index contributed by atoms with van der Waals surface area (Å²) in [4.78, 5) is 25.9. The fraction of sp³-hybridized carbons (Fsp3) is 0.211. The van der Waals surface area contributed by atoms with Gasteiger partial charge in [0.25, 0.3) is 11.8 Å². The number of carbonyl (C=O) groups excluding carboxylic acids is 2. The van der Waals surface area contributed by atoms with Crippen LogP contribution >= 0.6 is 0 Å². The summed E-state index contributed by atoms with van der Waals surface area (Å²) in [7, 11) is 3.92. The zero-order valence-corrected chi connectivity index (χ0v) is 15.1. The van der Waals surface area contributed by atoms with E-state index in [2.05, 4.69) is 15.8 Å². The number of ether oxygens (including phenoxy) is 2. The summed E-state index contributed by atoms with van der Waals surface area (Å²) >= 11 is 0. The molecule has 8 nitrogen and oxygen atoms in total. The van der Waals surface area contributed by atoms with Crippen molar-refractivity contribution in [2.75, 3.05) is 32.3 Å². The van der Waals surface area contributed by atoms with Crippen LogP contribution in [-0.2, 0) is 4.79 Å². The molecule has 8 heteroatoms. The van der Waals surface area contributed by atoms with E-state index in [1.807, 2.05) is 43.3 Å². The third kappa shape index (κ3) is 4.75. The van der Waals surface area contributed by atoms with Crippen molar-refractivity contribution in [1.29, 1.82) is 0 Å². The molecular weight excluding hydrogens is 348 g/mol. The second-order valence-electron chi connectivity index (χ2n) is 6.03. The maximum Gasteiger partial charge on any atom is 0.259 e. The summed E-state index contributed by atoms with van der Waals surface area (Å²) in [6, 6.07) is 12.5. The average Bonchev–Trinajstić information content (AvgIpc) is 3.14. The van der Waals surface area contributed by atoms with E-state index in [0.29, 0.717) is 17.1 Å². The Kier molecular flexibility index (Phi) is 5.55. The van der Waals surface area contributed by atoms with E-state index in [1.54, 1.807) is 18.2 Å². The van der Waals surface area contributed by atoms with Crippen molar-refractivity contribution in [3.05, 3.63) is 53.6 Å². The number of nitrogens with zero attached hydrogens (tertiary/aromatic N) is 2. The Hall–Kier alpha value is -3.55. The van der Waals surface area contributed by atoms with Gasteiger partial charge in [-0.1, -0.05) is 12.1 Å². The van der Waals surface area contributed by atoms with Crippen LogP contribution in [0.3, 0.4) is 0 Å². The van der Waals surface area contributed by atoms with Gasteiger partial charge in [0.1, 0.15) is 0 Å². The lowest BCUT2D eigenvalue weighted by Crippen LogP contribution is -2.34. The van der Waals surface area contributed by atoms with E-state index in [1.165, 1.54) is 6.21 Å². The SMILES string of the molecule is CN(C)c1ccc(/C=N/NC(=O)CNC(=O)c2ccc3c(c2)OCO3)cc1. The van der Waals surface area contributed by atoms with Crippen LogP contribution in [0.15, 0.2) is 47.6 Å². The van der Waals surface area contributed by atoms with Crippen molar-refractivity contribution in [3.63, 3.8) is 0 Å². The predicted octanol–water partition coefficient (Wildman–Crippen LogP) is 1.36. The molecule has 2 N–H and O–H groups in total. The highest BCUT2D eigenvalue weighted by molar-refractivity contribution is 5.97. The third-order valence-electron chi connectivity index (χ3n) is 3.86. The summed E-state index contributed by atoms with van der Waals surface area (Å²) in [5.74, 6) is 0.297. The number of hydrazone groups is 1. The number of anilines is 1. The van der Waals surface area contributed by atoms with Crippen LogP contribution in [0.2, 0.25) is 0 Å². The molecule has 0 fully saturated rings. The molecule has 0 saturated heterocycles. The van der Waals surface area contributed by atoms with Crippen LogP contribution < -0.4 is 25.1 Å². The summed E-state index contributed by atoms with van der Waals surface area (Å²) in [6.45, 7) is -0.0527. The highest BCUT2D eigenvalue weighted by atomic mass is 16.7. The van der Waals surface area contributed by atoms with Gasteiger partial charge in [0.05, 0.1) is 12.8 Å². The molecular formula is C19H20N4O4. The Labute approximate surface area is 156 Å². The minimum atomic E-state index is -0.426. The molecule has 27 heavy (non-hydrogen) atoms. The number of hydrogen-bond donors (Lipinski definition) is 2. The van der Waals surface area contributed by atoms with Gasteiger partial charge >= 0.3 is 0 Å². The number of fused-ring (bicyclic) bond motifs is 1. The molecule has 2 aromatic rings. The molecule has 0 aromatic heterocycles. The minimum Gasteiger partial charge on any atom is -0.454 e. The Morgan fingerprint density at radius 2 is 1.85 bits per heavy atom. The lowest BCUT2D eigenvalue weighted by molar-refractivity contribution is -0.120. The van der Waals surface area contributed by atoms with Gasteiger partial charge in [0.2, 0.25) is 6.79 Å². The first-order valence-corrected chi connectivity index (χ1v) is 8.30. The normalized spacial score (nSPS) is 12.1.